The summed E-state index contributed by atoms with van der Waals surface area (Å²) in [6, 6.07) is 60.7. The molecule has 0 saturated carbocycles. The van der Waals surface area contributed by atoms with Gasteiger partial charge in [-0.05, 0) is 124 Å². The van der Waals surface area contributed by atoms with Gasteiger partial charge in [0.1, 0.15) is 0 Å². The average Bonchev–Trinajstić information content (AvgIpc) is 3.81. The molecule has 0 N–H and O–H groups in total. The predicted octanol–water partition coefficient (Wildman–Crippen LogP) is 13.7. The van der Waals surface area contributed by atoms with Crippen LogP contribution in [0.4, 0.5) is 0 Å². The van der Waals surface area contributed by atoms with Crippen molar-refractivity contribution in [1.82, 2.24) is 24.1 Å². The Bertz CT molecular complexity index is 3680. The van der Waals surface area contributed by atoms with E-state index in [1.165, 1.54) is 11.1 Å². The highest BCUT2D eigenvalue weighted by Gasteiger charge is 2.24. The molecular formula is C57H39N7. The maximum Gasteiger partial charge on any atom is 0.166 e. The summed E-state index contributed by atoms with van der Waals surface area (Å²) in [5.74, 6) is 1.43. The van der Waals surface area contributed by atoms with E-state index < -0.39 is 0 Å². The third-order valence-electron chi connectivity index (χ3n) is 12.3. The third kappa shape index (κ3) is 6.30. The number of aryl methyl sites for hydroxylation is 4. The lowest BCUT2D eigenvalue weighted by molar-refractivity contribution is 1.06. The van der Waals surface area contributed by atoms with Gasteiger partial charge in [-0.2, -0.15) is 10.5 Å². The summed E-state index contributed by atoms with van der Waals surface area (Å²) in [4.78, 5) is 16.0. The first-order chi connectivity index (χ1) is 31.3. The molecule has 0 aliphatic carbocycles. The Labute approximate surface area is 370 Å². The van der Waals surface area contributed by atoms with Crippen molar-refractivity contribution in [2.75, 3.05) is 0 Å². The molecule has 3 heterocycles. The topological polar surface area (TPSA) is 96.1 Å². The van der Waals surface area contributed by atoms with Gasteiger partial charge < -0.3 is 9.13 Å². The van der Waals surface area contributed by atoms with Gasteiger partial charge in [0.25, 0.3) is 0 Å². The van der Waals surface area contributed by atoms with Crippen molar-refractivity contribution in [3.8, 4) is 68.8 Å². The molecule has 0 atom stereocenters. The first-order valence-electron chi connectivity index (χ1n) is 21.3. The van der Waals surface area contributed by atoms with Crippen LogP contribution in [-0.2, 0) is 0 Å². The monoisotopic (exact) mass is 821 g/mol. The van der Waals surface area contributed by atoms with Crippen molar-refractivity contribution in [2.45, 2.75) is 27.7 Å². The van der Waals surface area contributed by atoms with Crippen molar-refractivity contribution in [1.29, 1.82) is 10.5 Å². The number of rotatable bonds is 6. The van der Waals surface area contributed by atoms with E-state index in [0.717, 1.165) is 93.9 Å². The number of hydrogen-bond acceptors (Lipinski definition) is 5. The van der Waals surface area contributed by atoms with Gasteiger partial charge in [-0.15, -0.1) is 0 Å². The number of aromatic nitrogens is 5. The predicted molar refractivity (Wildman–Crippen MR) is 259 cm³/mol. The van der Waals surface area contributed by atoms with Crippen LogP contribution in [0.2, 0.25) is 0 Å². The molecule has 0 amide bonds. The number of hydrogen-bond donors (Lipinski definition) is 0. The maximum atomic E-state index is 10.3. The number of nitriles is 2. The van der Waals surface area contributed by atoms with Crippen LogP contribution < -0.4 is 0 Å². The SMILES string of the molecule is Cc1ccc2c(c1)c1cc(C)ccc1n2-c1ccc(-c2ccccc2C#N)cc1-c1nc(-c2ccccc2)nc(-c2ccc(C#N)cc2-n2c3ccc(C)cc3c3cc(C)ccc32)n1. The highest BCUT2D eigenvalue weighted by atomic mass is 15.1. The smallest absolute Gasteiger partial charge is 0.166 e. The first-order valence-corrected chi connectivity index (χ1v) is 21.3. The van der Waals surface area contributed by atoms with E-state index in [1.54, 1.807) is 0 Å². The fourth-order valence-corrected chi connectivity index (χ4v) is 9.24. The molecular weight excluding hydrogens is 783 g/mol. The molecule has 64 heavy (non-hydrogen) atoms. The van der Waals surface area contributed by atoms with Crippen molar-refractivity contribution in [2.24, 2.45) is 0 Å². The molecule has 0 aliphatic heterocycles. The molecule has 0 spiro atoms. The zero-order chi connectivity index (χ0) is 43.6. The molecule has 11 rings (SSSR count). The molecule has 3 aromatic heterocycles. The molecule has 0 saturated heterocycles. The third-order valence-corrected chi connectivity index (χ3v) is 12.3. The van der Waals surface area contributed by atoms with Gasteiger partial charge in [0.2, 0.25) is 0 Å². The van der Waals surface area contributed by atoms with E-state index in [1.807, 2.05) is 72.8 Å². The van der Waals surface area contributed by atoms with E-state index >= 15 is 0 Å². The Hall–Kier alpha value is -8.65. The van der Waals surface area contributed by atoms with Gasteiger partial charge in [-0.3, -0.25) is 0 Å². The number of benzene rings is 8. The lowest BCUT2D eigenvalue weighted by Gasteiger charge is -2.18. The van der Waals surface area contributed by atoms with Crippen molar-refractivity contribution in [3.05, 3.63) is 197 Å². The summed E-state index contributed by atoms with van der Waals surface area (Å²) < 4.78 is 4.54. The second-order valence-corrected chi connectivity index (χ2v) is 16.7. The van der Waals surface area contributed by atoms with Gasteiger partial charge in [-0.25, -0.2) is 15.0 Å². The number of nitrogens with zero attached hydrogens (tertiary/aromatic N) is 7. The Morgan fingerprint density at radius 1 is 0.375 bits per heavy atom. The quantitative estimate of drug-likeness (QED) is 0.166. The zero-order valence-corrected chi connectivity index (χ0v) is 35.7. The lowest BCUT2D eigenvalue weighted by atomic mass is 9.97. The summed E-state index contributed by atoms with van der Waals surface area (Å²) in [6.07, 6.45) is 0. The van der Waals surface area contributed by atoms with Crippen LogP contribution in [0.3, 0.4) is 0 Å². The normalized spacial score (nSPS) is 11.4. The fourth-order valence-electron chi connectivity index (χ4n) is 9.24. The van der Waals surface area contributed by atoms with E-state index in [9.17, 15) is 10.5 Å². The standard InChI is InChI=1S/C57H39N7/c1-34-14-21-49-44(26-34)45-27-35(2)15-22-50(45)63(49)53-25-19-40(42-13-9-8-12-41(42)33-59)31-48(53)57-61-55(39-10-6-5-7-11-39)60-56(62-57)43-20-18-38(32-58)30-54(43)64-51-23-16-36(3)28-46(51)47-29-37(4)17-24-52(47)64/h5-31H,1-4H3. The molecule has 0 bridgehead atoms. The maximum absolute atomic E-state index is 10.3. The lowest BCUT2D eigenvalue weighted by Crippen LogP contribution is -2.06. The van der Waals surface area contributed by atoms with Crippen LogP contribution in [-0.4, -0.2) is 24.1 Å². The minimum Gasteiger partial charge on any atom is -0.309 e. The van der Waals surface area contributed by atoms with Crippen LogP contribution >= 0.6 is 0 Å². The van der Waals surface area contributed by atoms with Crippen LogP contribution in [0.5, 0.6) is 0 Å². The van der Waals surface area contributed by atoms with Crippen LogP contribution in [0.15, 0.2) is 164 Å². The summed E-state index contributed by atoms with van der Waals surface area (Å²) in [6.45, 7) is 8.48. The van der Waals surface area contributed by atoms with E-state index in [4.69, 9.17) is 15.0 Å². The van der Waals surface area contributed by atoms with Gasteiger partial charge in [0, 0.05) is 38.2 Å². The molecule has 0 fully saturated rings. The Balaban J connectivity index is 1.24. The van der Waals surface area contributed by atoms with Crippen molar-refractivity contribution >= 4 is 43.6 Å². The largest absolute Gasteiger partial charge is 0.309 e. The van der Waals surface area contributed by atoms with E-state index in [0.29, 0.717) is 28.6 Å². The second kappa shape index (κ2) is 15.1. The fraction of sp³-hybridized carbons (Fsp3) is 0.0702. The van der Waals surface area contributed by atoms with Crippen molar-refractivity contribution < 1.29 is 0 Å². The molecule has 0 unspecified atom stereocenters. The first kappa shape index (κ1) is 38.3. The summed E-state index contributed by atoms with van der Waals surface area (Å²) >= 11 is 0. The average molecular weight is 822 g/mol. The number of fused-ring (bicyclic) bond motifs is 6. The Morgan fingerprint density at radius 2 is 0.875 bits per heavy atom. The molecule has 302 valence electrons. The molecule has 8 aromatic carbocycles. The molecule has 7 nitrogen and oxygen atoms in total. The minimum atomic E-state index is 0.458. The van der Waals surface area contributed by atoms with Gasteiger partial charge in [-0.1, -0.05) is 101 Å². The van der Waals surface area contributed by atoms with Gasteiger partial charge in [0.05, 0.1) is 56.7 Å². The Morgan fingerprint density at radius 3 is 1.42 bits per heavy atom. The highest BCUT2D eigenvalue weighted by Crippen LogP contribution is 2.41. The molecule has 11 aromatic rings. The van der Waals surface area contributed by atoms with Gasteiger partial charge >= 0.3 is 0 Å². The Kier molecular flexibility index (Phi) is 9.01. The molecule has 0 aliphatic rings. The van der Waals surface area contributed by atoms with Crippen LogP contribution in [0, 0.1) is 50.4 Å². The van der Waals surface area contributed by atoms with E-state index in [-0.39, 0.29) is 0 Å². The van der Waals surface area contributed by atoms with Gasteiger partial charge in [0.15, 0.2) is 17.5 Å². The van der Waals surface area contributed by atoms with Crippen LogP contribution in [0.25, 0.3) is 100 Å². The molecule has 7 heteroatoms. The summed E-state index contributed by atoms with van der Waals surface area (Å²) in [5, 5.41) is 25.2. The summed E-state index contributed by atoms with van der Waals surface area (Å²) in [5.41, 5.74) is 15.6. The van der Waals surface area contributed by atoms with E-state index in [2.05, 4.69) is 140 Å². The van der Waals surface area contributed by atoms with Crippen molar-refractivity contribution in [3.63, 3.8) is 0 Å². The zero-order valence-electron chi connectivity index (χ0n) is 35.7. The highest BCUT2D eigenvalue weighted by molar-refractivity contribution is 6.11. The second-order valence-electron chi connectivity index (χ2n) is 16.7. The minimum absolute atomic E-state index is 0.458. The van der Waals surface area contributed by atoms with Crippen LogP contribution in [0.1, 0.15) is 33.4 Å². The summed E-state index contributed by atoms with van der Waals surface area (Å²) in [7, 11) is 0. The molecule has 0 radical (unpaired) electrons.